The Morgan fingerprint density at radius 1 is 1.06 bits per heavy atom. The van der Waals surface area contributed by atoms with E-state index in [9.17, 15) is 14.4 Å². The molecule has 3 N–H and O–H groups in total. The smallest absolute Gasteiger partial charge is 0.306 e. The summed E-state index contributed by atoms with van der Waals surface area (Å²) in [5.74, 6) is -1.53. The van der Waals surface area contributed by atoms with Crippen LogP contribution in [0.25, 0.3) is 0 Å². The Bertz CT molecular complexity index is 738. The highest BCUT2D eigenvalue weighted by atomic mass is 16.5. The van der Waals surface area contributed by atoms with E-state index in [1.54, 1.807) is 12.2 Å². The van der Waals surface area contributed by atoms with Gasteiger partial charge in [-0.1, -0.05) is 42.5 Å². The zero-order valence-corrected chi connectivity index (χ0v) is 19.2. The van der Waals surface area contributed by atoms with Gasteiger partial charge < -0.3 is 25.2 Å². The number of rotatable bonds is 18. The number of carbonyl (C=O) groups is 3. The predicted molar refractivity (Wildman–Crippen MR) is 126 cm³/mol. The number of hydrogen-bond acceptors (Lipinski definition) is 6. The third-order valence-electron chi connectivity index (χ3n) is 4.75. The highest BCUT2D eigenvalue weighted by Gasteiger charge is 2.23. The number of esters is 1. The fraction of sp³-hybridized carbons (Fsp3) is 0.480. The van der Waals surface area contributed by atoms with Crippen molar-refractivity contribution in [2.45, 2.75) is 38.2 Å². The maximum absolute atomic E-state index is 12.8. The van der Waals surface area contributed by atoms with Crippen LogP contribution < -0.4 is 10.6 Å². The first-order chi connectivity index (χ1) is 16.0. The van der Waals surface area contributed by atoms with Crippen LogP contribution in [0, 0.1) is 5.92 Å². The average Bonchev–Trinajstić information content (AvgIpc) is 2.82. The number of aliphatic hydroxyl groups excluding tert-OH is 1. The summed E-state index contributed by atoms with van der Waals surface area (Å²) in [5.41, 5.74) is 0.774. The molecule has 0 saturated heterocycles. The highest BCUT2D eigenvalue weighted by Crippen LogP contribution is 2.19. The first-order valence-corrected chi connectivity index (χ1v) is 11.2. The minimum Gasteiger partial charge on any atom is -0.456 e. The molecule has 0 unspecified atom stereocenters. The first-order valence-electron chi connectivity index (χ1n) is 11.2. The molecular weight excluding hydrogens is 424 g/mol. The monoisotopic (exact) mass is 460 g/mol. The molecule has 0 aliphatic rings. The quantitative estimate of drug-likeness (QED) is 0.176. The highest BCUT2D eigenvalue weighted by molar-refractivity contribution is 5.86. The second kappa shape index (κ2) is 17.6. The maximum Gasteiger partial charge on any atom is 0.306 e. The SMILES string of the molecule is C=CCCCC(=O)O[C@@H](CNC(=O)[C@H](CC=C)CC(=O)NCCOCCO)c1ccccc1. The topological polar surface area (TPSA) is 114 Å². The van der Waals surface area contributed by atoms with E-state index in [1.807, 2.05) is 30.3 Å². The second-order valence-corrected chi connectivity index (χ2v) is 7.43. The Balaban J connectivity index is 2.65. The lowest BCUT2D eigenvalue weighted by molar-refractivity contribution is -0.150. The van der Waals surface area contributed by atoms with E-state index in [0.29, 0.717) is 19.4 Å². The Labute approximate surface area is 196 Å². The molecule has 2 amide bonds. The van der Waals surface area contributed by atoms with Gasteiger partial charge in [0.05, 0.1) is 32.3 Å². The maximum atomic E-state index is 12.8. The number of carbonyl (C=O) groups excluding carboxylic acids is 3. The normalized spacial score (nSPS) is 12.3. The van der Waals surface area contributed by atoms with Crippen LogP contribution in [0.4, 0.5) is 0 Å². The molecule has 1 aromatic rings. The first kappa shape index (κ1) is 28.1. The van der Waals surface area contributed by atoms with E-state index in [4.69, 9.17) is 14.6 Å². The van der Waals surface area contributed by atoms with Gasteiger partial charge in [0.25, 0.3) is 0 Å². The molecule has 33 heavy (non-hydrogen) atoms. The van der Waals surface area contributed by atoms with Gasteiger partial charge in [0, 0.05) is 19.4 Å². The van der Waals surface area contributed by atoms with Gasteiger partial charge in [-0.05, 0) is 24.8 Å². The van der Waals surface area contributed by atoms with Crippen LogP contribution in [0.15, 0.2) is 55.6 Å². The number of nitrogens with one attached hydrogen (secondary N) is 2. The van der Waals surface area contributed by atoms with E-state index in [2.05, 4.69) is 23.8 Å². The molecule has 0 radical (unpaired) electrons. The van der Waals surface area contributed by atoms with Crippen molar-refractivity contribution in [1.29, 1.82) is 0 Å². The van der Waals surface area contributed by atoms with Crippen molar-refractivity contribution in [2.75, 3.05) is 32.9 Å². The van der Waals surface area contributed by atoms with Gasteiger partial charge in [-0.15, -0.1) is 13.2 Å². The fourth-order valence-corrected chi connectivity index (χ4v) is 3.05. The van der Waals surface area contributed by atoms with E-state index < -0.39 is 12.0 Å². The molecule has 8 heteroatoms. The summed E-state index contributed by atoms with van der Waals surface area (Å²) in [6, 6.07) is 9.21. The standard InChI is InChI=1S/C25H36N2O6/c1-3-5-7-13-24(30)33-22(20-11-8-6-9-12-20)19-27-25(31)21(10-4-2)18-23(29)26-14-16-32-17-15-28/h3-4,6,8-9,11-12,21-22,28H,1-2,5,7,10,13-19H2,(H,26,29)(H,27,31)/t21-,22+/m1/s1. The van der Waals surface area contributed by atoms with Crippen molar-refractivity contribution in [2.24, 2.45) is 5.92 Å². The number of hydrogen-bond donors (Lipinski definition) is 3. The molecule has 0 bridgehead atoms. The zero-order chi connectivity index (χ0) is 24.3. The Morgan fingerprint density at radius 2 is 1.82 bits per heavy atom. The second-order valence-electron chi connectivity index (χ2n) is 7.43. The summed E-state index contributed by atoms with van der Waals surface area (Å²) < 4.78 is 10.7. The average molecular weight is 461 g/mol. The van der Waals surface area contributed by atoms with Gasteiger partial charge in [-0.3, -0.25) is 14.4 Å². The summed E-state index contributed by atoms with van der Waals surface area (Å²) in [4.78, 5) is 37.2. The lowest BCUT2D eigenvalue weighted by Crippen LogP contribution is -2.38. The van der Waals surface area contributed by atoms with Gasteiger partial charge in [-0.2, -0.15) is 0 Å². The molecule has 1 rings (SSSR count). The van der Waals surface area contributed by atoms with Gasteiger partial charge >= 0.3 is 5.97 Å². The van der Waals surface area contributed by atoms with Crippen molar-refractivity contribution in [1.82, 2.24) is 10.6 Å². The van der Waals surface area contributed by atoms with Gasteiger partial charge in [0.1, 0.15) is 6.10 Å². The largest absolute Gasteiger partial charge is 0.456 e. The van der Waals surface area contributed by atoms with Crippen molar-refractivity contribution >= 4 is 17.8 Å². The van der Waals surface area contributed by atoms with Crippen molar-refractivity contribution in [3.8, 4) is 0 Å². The molecule has 2 atom stereocenters. The molecule has 8 nitrogen and oxygen atoms in total. The van der Waals surface area contributed by atoms with Crippen LogP contribution >= 0.6 is 0 Å². The summed E-state index contributed by atoms with van der Waals surface area (Å²) >= 11 is 0. The third-order valence-corrected chi connectivity index (χ3v) is 4.75. The number of benzene rings is 1. The van der Waals surface area contributed by atoms with Crippen LogP contribution in [-0.2, 0) is 23.9 Å². The molecule has 0 fully saturated rings. The summed E-state index contributed by atoms with van der Waals surface area (Å²) in [7, 11) is 0. The number of unbranched alkanes of at least 4 members (excludes halogenated alkanes) is 1. The van der Waals surface area contributed by atoms with E-state index in [-0.39, 0.29) is 57.0 Å². The van der Waals surface area contributed by atoms with E-state index in [1.165, 1.54) is 0 Å². The van der Waals surface area contributed by atoms with Crippen LogP contribution in [-0.4, -0.2) is 55.8 Å². The molecule has 0 aromatic heterocycles. The number of aliphatic hydroxyl groups is 1. The van der Waals surface area contributed by atoms with Gasteiger partial charge in [0.15, 0.2) is 0 Å². The number of allylic oxidation sites excluding steroid dienone is 2. The molecule has 0 aliphatic carbocycles. The minimum atomic E-state index is -0.631. The molecule has 0 heterocycles. The van der Waals surface area contributed by atoms with Crippen molar-refractivity contribution in [3.05, 3.63) is 61.2 Å². The van der Waals surface area contributed by atoms with E-state index >= 15 is 0 Å². The molecule has 0 spiro atoms. The van der Waals surface area contributed by atoms with Crippen LogP contribution in [0.1, 0.15) is 43.8 Å². The van der Waals surface area contributed by atoms with Crippen LogP contribution in [0.5, 0.6) is 0 Å². The third kappa shape index (κ3) is 12.6. The molecule has 182 valence electrons. The minimum absolute atomic E-state index is 0.00476. The zero-order valence-electron chi connectivity index (χ0n) is 19.2. The molecule has 0 saturated carbocycles. The Hall–Kier alpha value is -2.97. The Kier molecular flexibility index (Phi) is 14.9. The summed E-state index contributed by atoms with van der Waals surface area (Å²) in [6.07, 6.45) is 4.68. The fourth-order valence-electron chi connectivity index (χ4n) is 3.05. The summed E-state index contributed by atoms with van der Waals surface area (Å²) in [5, 5.41) is 14.2. The van der Waals surface area contributed by atoms with Crippen LogP contribution in [0.3, 0.4) is 0 Å². The number of ether oxygens (including phenoxy) is 2. The van der Waals surface area contributed by atoms with Crippen molar-refractivity contribution < 1.29 is 29.0 Å². The number of amides is 2. The predicted octanol–water partition coefficient (Wildman–Crippen LogP) is 2.45. The van der Waals surface area contributed by atoms with Gasteiger partial charge in [0.2, 0.25) is 11.8 Å². The summed E-state index contributed by atoms with van der Waals surface area (Å²) in [6.45, 7) is 8.11. The molecule has 1 aromatic carbocycles. The molecule has 0 aliphatic heterocycles. The Morgan fingerprint density at radius 3 is 2.48 bits per heavy atom. The van der Waals surface area contributed by atoms with E-state index in [0.717, 1.165) is 12.0 Å². The van der Waals surface area contributed by atoms with Crippen LogP contribution in [0.2, 0.25) is 0 Å². The van der Waals surface area contributed by atoms with Gasteiger partial charge in [-0.25, -0.2) is 0 Å². The lowest BCUT2D eigenvalue weighted by atomic mass is 9.99. The molecular formula is C25H36N2O6. The lowest BCUT2D eigenvalue weighted by Gasteiger charge is -2.21. The van der Waals surface area contributed by atoms with Crippen molar-refractivity contribution in [3.63, 3.8) is 0 Å².